The number of nitrogens with zero attached hydrogens (tertiary/aromatic N) is 1. The Morgan fingerprint density at radius 2 is 2.20 bits per heavy atom. The normalized spacial score (nSPS) is 19.1. The van der Waals surface area contributed by atoms with Gasteiger partial charge in [-0.1, -0.05) is 13.3 Å². The lowest BCUT2D eigenvalue weighted by molar-refractivity contribution is -0.143. The maximum atomic E-state index is 12.6. The van der Waals surface area contributed by atoms with Crippen molar-refractivity contribution in [1.29, 1.82) is 0 Å². The molecule has 0 bridgehead atoms. The minimum Gasteiger partial charge on any atom is -0.480 e. The van der Waals surface area contributed by atoms with Gasteiger partial charge in [0.05, 0.1) is 4.88 Å². The summed E-state index contributed by atoms with van der Waals surface area (Å²) < 4.78 is 0. The summed E-state index contributed by atoms with van der Waals surface area (Å²) in [6.45, 7) is 4.69. The average molecular weight is 295 g/mol. The molecule has 1 aromatic rings. The second kappa shape index (κ2) is 6.39. The number of likely N-dealkylation sites (tertiary alicyclic amines) is 1. The summed E-state index contributed by atoms with van der Waals surface area (Å²) in [6, 6.07) is 1.28. The van der Waals surface area contributed by atoms with Crippen LogP contribution in [0.4, 0.5) is 0 Å². The molecule has 1 saturated heterocycles. The monoisotopic (exact) mass is 295 g/mol. The third-order valence-corrected chi connectivity index (χ3v) is 4.88. The maximum absolute atomic E-state index is 12.6. The summed E-state index contributed by atoms with van der Waals surface area (Å²) >= 11 is 1.49. The predicted octanol–water partition coefficient (Wildman–Crippen LogP) is 3.09. The first kappa shape index (κ1) is 15.0. The van der Waals surface area contributed by atoms with Crippen molar-refractivity contribution in [2.75, 3.05) is 6.54 Å². The van der Waals surface area contributed by atoms with Gasteiger partial charge in [-0.2, -0.15) is 0 Å². The summed E-state index contributed by atoms with van der Waals surface area (Å²) in [7, 11) is 0. The molecule has 0 unspecified atom stereocenters. The number of aryl methyl sites for hydroxylation is 2. The predicted molar refractivity (Wildman–Crippen MR) is 79.4 cm³/mol. The third kappa shape index (κ3) is 3.03. The molecule has 1 atom stereocenters. The zero-order chi connectivity index (χ0) is 14.7. The molecule has 1 amide bonds. The second-order valence-corrected chi connectivity index (χ2v) is 6.55. The lowest BCUT2D eigenvalue weighted by atomic mass is 10.0. The quantitative estimate of drug-likeness (QED) is 0.928. The van der Waals surface area contributed by atoms with Crippen LogP contribution in [-0.4, -0.2) is 34.5 Å². The molecule has 0 aromatic carbocycles. The maximum Gasteiger partial charge on any atom is 0.326 e. The Bertz CT molecular complexity index is 509. The van der Waals surface area contributed by atoms with Gasteiger partial charge in [-0.25, -0.2) is 4.79 Å². The number of aliphatic carboxylic acids is 1. The highest BCUT2D eigenvalue weighted by atomic mass is 32.1. The first-order chi connectivity index (χ1) is 9.54. The summed E-state index contributed by atoms with van der Waals surface area (Å²) in [6.07, 6.45) is 4.35. The summed E-state index contributed by atoms with van der Waals surface area (Å²) in [4.78, 5) is 27.2. The molecule has 0 saturated carbocycles. The molecule has 2 heterocycles. The van der Waals surface area contributed by atoms with E-state index >= 15 is 0 Å². The van der Waals surface area contributed by atoms with Crippen LogP contribution in [0.2, 0.25) is 0 Å². The lowest BCUT2D eigenvalue weighted by Gasteiger charge is -2.32. The molecule has 1 aliphatic rings. The lowest BCUT2D eigenvalue weighted by Crippen LogP contribution is -2.47. The number of carboxylic acid groups (broad SMARTS) is 1. The van der Waals surface area contributed by atoms with Gasteiger partial charge in [0.2, 0.25) is 0 Å². The van der Waals surface area contributed by atoms with Crippen LogP contribution < -0.4 is 0 Å². The highest BCUT2D eigenvalue weighted by Crippen LogP contribution is 2.27. The van der Waals surface area contributed by atoms with Gasteiger partial charge in [0.1, 0.15) is 6.04 Å². The van der Waals surface area contributed by atoms with Crippen LogP contribution in [0, 0.1) is 6.92 Å². The topological polar surface area (TPSA) is 57.6 Å². The summed E-state index contributed by atoms with van der Waals surface area (Å²) in [5.74, 6) is -1.01. The van der Waals surface area contributed by atoms with Crippen molar-refractivity contribution in [3.63, 3.8) is 0 Å². The first-order valence-corrected chi connectivity index (χ1v) is 7.99. The minimum absolute atomic E-state index is 0.118. The molecule has 1 aliphatic heterocycles. The smallest absolute Gasteiger partial charge is 0.326 e. The highest BCUT2D eigenvalue weighted by molar-refractivity contribution is 7.14. The molecule has 1 fully saturated rings. The van der Waals surface area contributed by atoms with Gasteiger partial charge in [-0.15, -0.1) is 11.3 Å². The largest absolute Gasteiger partial charge is 0.480 e. The standard InChI is InChI=1S/C15H21NO3S/c1-3-6-11-9-13(20-10(11)2)14(17)16-8-5-4-7-12(16)15(18)19/h9,12H,3-8H2,1-2H3,(H,18,19)/t12-/m1/s1. The van der Waals surface area contributed by atoms with E-state index < -0.39 is 12.0 Å². The van der Waals surface area contributed by atoms with E-state index in [0.717, 1.165) is 25.7 Å². The van der Waals surface area contributed by atoms with Crippen LogP contribution in [0.1, 0.15) is 52.7 Å². The molecule has 110 valence electrons. The molecule has 0 radical (unpaired) electrons. The number of hydrogen-bond donors (Lipinski definition) is 1. The van der Waals surface area contributed by atoms with Crippen molar-refractivity contribution in [1.82, 2.24) is 4.90 Å². The number of rotatable bonds is 4. The molecule has 2 rings (SSSR count). The van der Waals surface area contributed by atoms with Gasteiger partial charge in [0.25, 0.3) is 5.91 Å². The van der Waals surface area contributed by atoms with Gasteiger partial charge in [-0.3, -0.25) is 4.79 Å². The fraction of sp³-hybridized carbons (Fsp3) is 0.600. The van der Waals surface area contributed by atoms with E-state index in [0.29, 0.717) is 17.8 Å². The van der Waals surface area contributed by atoms with Crippen molar-refractivity contribution in [2.24, 2.45) is 0 Å². The van der Waals surface area contributed by atoms with Crippen molar-refractivity contribution in [2.45, 2.75) is 52.0 Å². The van der Waals surface area contributed by atoms with E-state index in [-0.39, 0.29) is 5.91 Å². The van der Waals surface area contributed by atoms with E-state index in [1.807, 2.05) is 13.0 Å². The number of carboxylic acids is 1. The van der Waals surface area contributed by atoms with Gasteiger partial charge < -0.3 is 10.0 Å². The minimum atomic E-state index is -0.889. The SMILES string of the molecule is CCCc1cc(C(=O)N2CCCC[C@@H]2C(=O)O)sc1C. The van der Waals surface area contributed by atoms with Crippen molar-refractivity contribution in [3.05, 3.63) is 21.4 Å². The number of amides is 1. The number of carbonyl (C=O) groups is 2. The Kier molecular flexibility index (Phi) is 4.81. The molecule has 1 aromatic heterocycles. The Morgan fingerprint density at radius 1 is 1.45 bits per heavy atom. The second-order valence-electron chi connectivity index (χ2n) is 5.29. The van der Waals surface area contributed by atoms with Crippen LogP contribution in [0.5, 0.6) is 0 Å². The molecular weight excluding hydrogens is 274 g/mol. The Labute approximate surface area is 123 Å². The van der Waals surface area contributed by atoms with Crippen LogP contribution in [-0.2, 0) is 11.2 Å². The highest BCUT2D eigenvalue weighted by Gasteiger charge is 2.33. The number of carbonyl (C=O) groups excluding carboxylic acids is 1. The van der Waals surface area contributed by atoms with Gasteiger partial charge in [0, 0.05) is 11.4 Å². The van der Waals surface area contributed by atoms with E-state index in [1.54, 1.807) is 0 Å². The molecule has 1 N–H and O–H groups in total. The van der Waals surface area contributed by atoms with Crippen molar-refractivity contribution >= 4 is 23.2 Å². The zero-order valence-corrected chi connectivity index (χ0v) is 12.8. The van der Waals surface area contributed by atoms with Crippen LogP contribution >= 0.6 is 11.3 Å². The Morgan fingerprint density at radius 3 is 2.85 bits per heavy atom. The fourth-order valence-corrected chi connectivity index (χ4v) is 3.74. The van der Waals surface area contributed by atoms with Crippen molar-refractivity contribution in [3.8, 4) is 0 Å². The Balaban J connectivity index is 2.20. The summed E-state index contributed by atoms with van der Waals surface area (Å²) in [5.41, 5.74) is 1.21. The van der Waals surface area contributed by atoms with E-state index in [1.165, 1.54) is 26.7 Å². The third-order valence-electron chi connectivity index (χ3n) is 3.80. The molecule has 20 heavy (non-hydrogen) atoms. The molecule has 4 nitrogen and oxygen atoms in total. The van der Waals surface area contributed by atoms with Crippen LogP contribution in [0.25, 0.3) is 0 Å². The Hall–Kier alpha value is -1.36. The number of thiophene rings is 1. The van der Waals surface area contributed by atoms with Gasteiger partial charge >= 0.3 is 5.97 Å². The van der Waals surface area contributed by atoms with E-state index in [2.05, 4.69) is 6.92 Å². The van der Waals surface area contributed by atoms with E-state index in [4.69, 9.17) is 0 Å². The molecular formula is C15H21NO3S. The molecule has 0 aliphatic carbocycles. The first-order valence-electron chi connectivity index (χ1n) is 7.17. The van der Waals surface area contributed by atoms with Gasteiger partial charge in [0.15, 0.2) is 0 Å². The average Bonchev–Trinajstić information content (AvgIpc) is 2.80. The van der Waals surface area contributed by atoms with Gasteiger partial charge in [-0.05, 0) is 44.2 Å². The van der Waals surface area contributed by atoms with Crippen LogP contribution in [0.3, 0.4) is 0 Å². The summed E-state index contributed by atoms with van der Waals surface area (Å²) in [5, 5.41) is 9.26. The number of hydrogen-bond acceptors (Lipinski definition) is 3. The molecule has 0 spiro atoms. The number of piperidine rings is 1. The molecule has 5 heteroatoms. The van der Waals surface area contributed by atoms with Crippen molar-refractivity contribution < 1.29 is 14.7 Å². The van der Waals surface area contributed by atoms with Crippen LogP contribution in [0.15, 0.2) is 6.07 Å². The fourth-order valence-electron chi connectivity index (χ4n) is 2.72. The zero-order valence-electron chi connectivity index (χ0n) is 12.0. The van der Waals surface area contributed by atoms with E-state index in [9.17, 15) is 14.7 Å².